The van der Waals surface area contributed by atoms with E-state index in [0.717, 1.165) is 6.08 Å². The van der Waals surface area contributed by atoms with Crippen LogP contribution >= 0.6 is 0 Å². The van der Waals surface area contributed by atoms with E-state index < -0.39 is 18.0 Å². The van der Waals surface area contributed by atoms with Crippen LogP contribution in [0.3, 0.4) is 0 Å². The van der Waals surface area contributed by atoms with E-state index in [1.54, 1.807) is 0 Å². The van der Waals surface area contributed by atoms with Crippen LogP contribution in [0.2, 0.25) is 0 Å². The van der Waals surface area contributed by atoms with Crippen LogP contribution < -0.4 is 0 Å². The fourth-order valence-electron chi connectivity index (χ4n) is 1.46. The topological polar surface area (TPSA) is 20.2 Å². The Kier molecular flexibility index (Phi) is 2.48. The van der Waals surface area contributed by atoms with Gasteiger partial charge in [-0.2, -0.15) is 13.2 Å². The predicted octanol–water partition coefficient (Wildman–Crippen LogP) is 3.51. The van der Waals surface area contributed by atoms with E-state index in [0.29, 0.717) is 0 Å². The molecule has 0 radical (unpaired) electrons. The van der Waals surface area contributed by atoms with Gasteiger partial charge < -0.3 is 5.11 Å². The fourth-order valence-corrected chi connectivity index (χ4v) is 1.46. The average molecular weight is 204 g/mol. The lowest BCUT2D eigenvalue weighted by molar-refractivity contribution is -0.194. The Morgan fingerprint density at radius 1 is 1.57 bits per heavy atom. The lowest BCUT2D eigenvalue weighted by Gasteiger charge is -2.34. The predicted molar refractivity (Wildman–Crippen MR) is 47.8 cm³/mol. The number of hydrogen-bond acceptors (Lipinski definition) is 1. The summed E-state index contributed by atoms with van der Waals surface area (Å²) in [4.78, 5) is 0. The molecule has 14 heavy (non-hydrogen) atoms. The molecule has 1 unspecified atom stereocenters. The summed E-state index contributed by atoms with van der Waals surface area (Å²) in [5, 5.41) is 9.13. The van der Waals surface area contributed by atoms with Crippen molar-refractivity contribution in [3.63, 3.8) is 0 Å². The summed E-state index contributed by atoms with van der Waals surface area (Å²) in [6.07, 6.45) is -1.37. The summed E-state index contributed by atoms with van der Waals surface area (Å²) in [5.41, 5.74) is -2.12. The van der Waals surface area contributed by atoms with Crippen LogP contribution in [0.25, 0.3) is 0 Å². The molecule has 0 spiro atoms. The first kappa shape index (κ1) is 10.9. The van der Waals surface area contributed by atoms with E-state index in [2.05, 4.69) is 6.58 Å². The first-order valence-corrected chi connectivity index (χ1v) is 4.10. The highest BCUT2D eigenvalue weighted by atomic mass is 19.4. The highest BCUT2D eigenvalue weighted by Crippen LogP contribution is 2.49. The highest BCUT2D eigenvalue weighted by Gasteiger charge is 2.54. The van der Waals surface area contributed by atoms with Gasteiger partial charge in [0, 0.05) is 6.42 Å². The van der Waals surface area contributed by atoms with E-state index in [9.17, 15) is 13.2 Å². The molecule has 0 bridgehead atoms. The third kappa shape index (κ3) is 1.56. The molecule has 0 aromatic carbocycles. The van der Waals surface area contributed by atoms with Crippen LogP contribution in [0.1, 0.15) is 13.3 Å². The Morgan fingerprint density at radius 2 is 2.14 bits per heavy atom. The van der Waals surface area contributed by atoms with Crippen molar-refractivity contribution < 1.29 is 18.3 Å². The van der Waals surface area contributed by atoms with Crippen molar-refractivity contribution >= 4 is 0 Å². The molecule has 0 aromatic rings. The van der Waals surface area contributed by atoms with Crippen LogP contribution in [0.15, 0.2) is 36.1 Å². The normalized spacial score (nSPS) is 27.3. The lowest BCUT2D eigenvalue weighted by atomic mass is 9.75. The van der Waals surface area contributed by atoms with Gasteiger partial charge in [0.05, 0.1) is 5.76 Å². The van der Waals surface area contributed by atoms with Gasteiger partial charge >= 0.3 is 6.18 Å². The molecule has 1 N–H and O–H groups in total. The smallest absolute Gasteiger partial charge is 0.401 e. The summed E-state index contributed by atoms with van der Waals surface area (Å²) in [6, 6.07) is 0. The Labute approximate surface area is 80.2 Å². The number of alkyl halides is 3. The fraction of sp³-hybridized carbons (Fsp3) is 0.400. The SMILES string of the molecule is C=C(C)C1(C(F)(F)F)C=CC=C(O)C1. The monoisotopic (exact) mass is 204 g/mol. The average Bonchev–Trinajstić information content (AvgIpc) is 2.01. The minimum atomic E-state index is -4.42. The van der Waals surface area contributed by atoms with Crippen LogP contribution in [0.5, 0.6) is 0 Å². The van der Waals surface area contributed by atoms with Gasteiger partial charge in [-0.1, -0.05) is 24.3 Å². The summed E-state index contributed by atoms with van der Waals surface area (Å²) in [6.45, 7) is 4.66. The number of aliphatic hydroxyl groups is 1. The van der Waals surface area contributed by atoms with Gasteiger partial charge in [0.2, 0.25) is 0 Å². The molecule has 1 rings (SSSR count). The number of halogens is 3. The van der Waals surface area contributed by atoms with E-state index in [4.69, 9.17) is 5.11 Å². The van der Waals surface area contributed by atoms with Gasteiger partial charge in [-0.15, -0.1) is 0 Å². The lowest BCUT2D eigenvalue weighted by Crippen LogP contribution is -2.38. The van der Waals surface area contributed by atoms with Gasteiger partial charge in [0.15, 0.2) is 0 Å². The molecule has 1 nitrogen and oxygen atoms in total. The van der Waals surface area contributed by atoms with Crippen molar-refractivity contribution in [2.75, 3.05) is 0 Å². The third-order valence-corrected chi connectivity index (χ3v) is 2.40. The van der Waals surface area contributed by atoms with Gasteiger partial charge in [0.25, 0.3) is 0 Å². The number of hydrogen-bond donors (Lipinski definition) is 1. The summed E-state index contributed by atoms with van der Waals surface area (Å²) >= 11 is 0. The van der Waals surface area contributed by atoms with Crippen molar-refractivity contribution in [3.05, 3.63) is 36.1 Å². The quantitative estimate of drug-likeness (QED) is 0.648. The number of allylic oxidation sites excluding steroid dienone is 5. The second-order valence-electron chi connectivity index (χ2n) is 3.44. The number of rotatable bonds is 1. The minimum absolute atomic E-state index is 0.0131. The maximum atomic E-state index is 12.8. The molecule has 1 atom stereocenters. The Hall–Kier alpha value is -1.19. The van der Waals surface area contributed by atoms with E-state index in [1.807, 2.05) is 0 Å². The summed E-state index contributed by atoms with van der Waals surface area (Å²) < 4.78 is 38.3. The van der Waals surface area contributed by atoms with Crippen LogP contribution in [0, 0.1) is 5.41 Å². The van der Waals surface area contributed by atoms with Gasteiger partial charge in [-0.05, 0) is 13.0 Å². The van der Waals surface area contributed by atoms with Crippen molar-refractivity contribution in [3.8, 4) is 0 Å². The zero-order valence-electron chi connectivity index (χ0n) is 7.73. The zero-order chi connectivity index (χ0) is 11.0. The molecule has 0 heterocycles. The largest absolute Gasteiger partial charge is 0.512 e. The van der Waals surface area contributed by atoms with Crippen molar-refractivity contribution in [1.82, 2.24) is 0 Å². The molecular formula is C10H11F3O. The van der Waals surface area contributed by atoms with Crippen LogP contribution in [-0.4, -0.2) is 11.3 Å². The Balaban J connectivity index is 3.16. The maximum Gasteiger partial charge on any atom is 0.401 e. The van der Waals surface area contributed by atoms with E-state index in [-0.39, 0.29) is 11.3 Å². The molecule has 1 aliphatic rings. The van der Waals surface area contributed by atoms with E-state index >= 15 is 0 Å². The Bertz CT molecular complexity index is 312. The summed E-state index contributed by atoms with van der Waals surface area (Å²) in [7, 11) is 0. The van der Waals surface area contributed by atoms with Gasteiger partial charge in [-0.25, -0.2) is 0 Å². The molecule has 1 aliphatic carbocycles. The first-order valence-electron chi connectivity index (χ1n) is 4.10. The molecule has 0 fully saturated rings. The Morgan fingerprint density at radius 3 is 2.43 bits per heavy atom. The molecule has 0 saturated heterocycles. The van der Waals surface area contributed by atoms with Crippen molar-refractivity contribution in [2.24, 2.45) is 5.41 Å². The van der Waals surface area contributed by atoms with Crippen molar-refractivity contribution in [1.29, 1.82) is 0 Å². The maximum absolute atomic E-state index is 12.8. The second kappa shape index (κ2) is 3.19. The van der Waals surface area contributed by atoms with Gasteiger partial charge in [0.1, 0.15) is 5.41 Å². The molecule has 78 valence electrons. The molecule has 0 aliphatic heterocycles. The molecular weight excluding hydrogens is 193 g/mol. The first-order chi connectivity index (χ1) is 6.29. The standard InChI is InChI=1S/C10H11F3O/c1-7(2)9(10(11,12)13)5-3-4-8(14)6-9/h3-5,14H,1,6H2,2H3. The van der Waals surface area contributed by atoms with Crippen LogP contribution in [-0.2, 0) is 0 Å². The van der Waals surface area contributed by atoms with E-state index in [1.165, 1.54) is 19.1 Å². The highest BCUT2D eigenvalue weighted by molar-refractivity contribution is 5.30. The zero-order valence-corrected chi connectivity index (χ0v) is 7.73. The third-order valence-electron chi connectivity index (χ3n) is 2.40. The molecule has 0 amide bonds. The summed E-state index contributed by atoms with van der Waals surface area (Å²) in [5.74, 6) is -0.271. The van der Waals surface area contributed by atoms with Crippen molar-refractivity contribution in [2.45, 2.75) is 19.5 Å². The molecule has 0 aromatic heterocycles. The van der Waals surface area contributed by atoms with Gasteiger partial charge in [-0.3, -0.25) is 0 Å². The van der Waals surface area contributed by atoms with Crippen LogP contribution in [0.4, 0.5) is 13.2 Å². The minimum Gasteiger partial charge on any atom is -0.512 e. The molecule has 0 saturated carbocycles. The number of aliphatic hydroxyl groups excluding tert-OH is 1. The second-order valence-corrected chi connectivity index (χ2v) is 3.44. The molecule has 4 heteroatoms.